The molecule has 1 saturated heterocycles. The lowest BCUT2D eigenvalue weighted by molar-refractivity contribution is -0.123. The summed E-state index contributed by atoms with van der Waals surface area (Å²) in [6.45, 7) is 12.3. The number of aryl methyl sites for hydroxylation is 1. The van der Waals surface area contributed by atoms with E-state index in [-0.39, 0.29) is 23.2 Å². The number of hydrogen-bond acceptors (Lipinski definition) is 4. The third kappa shape index (κ3) is 4.71. The summed E-state index contributed by atoms with van der Waals surface area (Å²) in [7, 11) is 0. The standard InChI is InChI=1S/C27H31ClN2O2S/c1-6-10-30-23-14-22(28)20(12-21(23)18(3)15-27(30,4)5)13-24-25(31)29(26(32)33-24)16-19-9-7-8-17(2)11-19/h7-9,11-14,18H,6,10,15-16H2,1-5H3/b24-13+. The maximum absolute atomic E-state index is 13.1. The maximum Gasteiger partial charge on any atom is 0.293 e. The smallest absolute Gasteiger partial charge is 0.293 e. The van der Waals surface area contributed by atoms with Crippen molar-refractivity contribution in [2.45, 2.75) is 65.5 Å². The average Bonchev–Trinajstić information content (AvgIpc) is 2.99. The molecule has 1 fully saturated rings. The molecular weight excluding hydrogens is 452 g/mol. The fourth-order valence-corrected chi connectivity index (χ4v) is 6.09. The monoisotopic (exact) mass is 482 g/mol. The van der Waals surface area contributed by atoms with E-state index in [4.69, 9.17) is 11.6 Å². The maximum atomic E-state index is 13.1. The van der Waals surface area contributed by atoms with Gasteiger partial charge in [-0.3, -0.25) is 14.5 Å². The Kier molecular flexibility index (Phi) is 6.66. The summed E-state index contributed by atoms with van der Waals surface area (Å²) in [6, 6.07) is 12.0. The third-order valence-electron chi connectivity index (χ3n) is 6.53. The zero-order valence-electron chi connectivity index (χ0n) is 19.9. The molecule has 174 valence electrons. The fraction of sp³-hybridized carbons (Fsp3) is 0.407. The topological polar surface area (TPSA) is 40.6 Å². The molecule has 2 aliphatic heterocycles. The zero-order valence-corrected chi connectivity index (χ0v) is 21.5. The van der Waals surface area contributed by atoms with E-state index in [0.717, 1.165) is 47.8 Å². The van der Waals surface area contributed by atoms with Crippen LogP contribution < -0.4 is 4.90 Å². The minimum absolute atomic E-state index is 0.0612. The SMILES string of the molecule is CCCN1c2cc(Cl)c(/C=C3/SC(=O)N(Cc4cccc(C)c4)C3=O)cc2C(C)CC1(C)C. The van der Waals surface area contributed by atoms with Crippen LogP contribution in [0.15, 0.2) is 41.3 Å². The summed E-state index contributed by atoms with van der Waals surface area (Å²) in [5, 5.41) is 0.358. The van der Waals surface area contributed by atoms with E-state index in [9.17, 15) is 9.59 Å². The zero-order chi connectivity index (χ0) is 23.9. The Labute approximate surface area is 206 Å². The summed E-state index contributed by atoms with van der Waals surface area (Å²) >= 11 is 7.71. The molecule has 4 nitrogen and oxygen atoms in total. The molecule has 0 spiro atoms. The Bertz CT molecular complexity index is 1140. The number of fused-ring (bicyclic) bond motifs is 1. The number of thioether (sulfide) groups is 1. The second-order valence-electron chi connectivity index (χ2n) is 9.76. The molecule has 0 N–H and O–H groups in total. The number of carbonyl (C=O) groups excluding carboxylic acids is 2. The van der Waals surface area contributed by atoms with Gasteiger partial charge >= 0.3 is 0 Å². The van der Waals surface area contributed by atoms with Crippen molar-refractivity contribution in [2.24, 2.45) is 0 Å². The first-order valence-corrected chi connectivity index (χ1v) is 12.7. The van der Waals surface area contributed by atoms with Gasteiger partial charge in [0.25, 0.3) is 11.1 Å². The molecule has 33 heavy (non-hydrogen) atoms. The molecule has 0 saturated carbocycles. The number of benzene rings is 2. The van der Waals surface area contributed by atoms with Gasteiger partial charge < -0.3 is 4.90 Å². The van der Waals surface area contributed by atoms with Crippen LogP contribution in [0.3, 0.4) is 0 Å². The molecule has 4 rings (SSSR count). The number of rotatable bonds is 5. The first-order chi connectivity index (χ1) is 15.6. The molecule has 2 heterocycles. The molecule has 0 radical (unpaired) electrons. The van der Waals surface area contributed by atoms with Gasteiger partial charge in [-0.2, -0.15) is 0 Å². The Morgan fingerprint density at radius 2 is 1.97 bits per heavy atom. The van der Waals surface area contributed by atoms with E-state index in [2.05, 4.69) is 38.7 Å². The van der Waals surface area contributed by atoms with E-state index < -0.39 is 0 Å². The molecule has 6 heteroatoms. The van der Waals surface area contributed by atoms with Crippen molar-refractivity contribution >= 4 is 46.3 Å². The van der Waals surface area contributed by atoms with Gasteiger partial charge in [0.1, 0.15) is 0 Å². The predicted molar refractivity (Wildman–Crippen MR) is 139 cm³/mol. The highest BCUT2D eigenvalue weighted by Crippen LogP contribution is 2.46. The highest BCUT2D eigenvalue weighted by Gasteiger charge is 2.37. The highest BCUT2D eigenvalue weighted by molar-refractivity contribution is 8.18. The molecule has 1 atom stereocenters. The van der Waals surface area contributed by atoms with Crippen LogP contribution in [0.2, 0.25) is 5.02 Å². The Morgan fingerprint density at radius 1 is 1.21 bits per heavy atom. The van der Waals surface area contributed by atoms with E-state index in [1.807, 2.05) is 37.3 Å². The number of halogens is 1. The Hall–Kier alpha value is -2.24. The third-order valence-corrected chi connectivity index (χ3v) is 7.77. The molecule has 2 aliphatic rings. The van der Waals surface area contributed by atoms with Gasteiger partial charge in [-0.25, -0.2) is 0 Å². The Balaban J connectivity index is 1.65. The highest BCUT2D eigenvalue weighted by atomic mass is 35.5. The molecule has 0 aliphatic carbocycles. The summed E-state index contributed by atoms with van der Waals surface area (Å²) in [4.78, 5) is 29.9. The largest absolute Gasteiger partial charge is 0.366 e. The molecule has 2 aromatic rings. The fourth-order valence-electron chi connectivity index (χ4n) is 5.05. The van der Waals surface area contributed by atoms with Gasteiger partial charge in [0.2, 0.25) is 0 Å². The van der Waals surface area contributed by atoms with Crippen LogP contribution >= 0.6 is 23.4 Å². The number of amides is 2. The molecule has 2 aromatic carbocycles. The van der Waals surface area contributed by atoms with Gasteiger partial charge in [0.05, 0.1) is 11.4 Å². The first kappa shape index (κ1) is 23.9. The van der Waals surface area contributed by atoms with Crippen molar-refractivity contribution in [1.82, 2.24) is 4.90 Å². The van der Waals surface area contributed by atoms with Crippen molar-refractivity contribution in [2.75, 3.05) is 11.4 Å². The predicted octanol–water partition coefficient (Wildman–Crippen LogP) is 7.39. The number of hydrogen-bond donors (Lipinski definition) is 0. The number of anilines is 1. The van der Waals surface area contributed by atoms with E-state index in [0.29, 0.717) is 15.8 Å². The quantitative estimate of drug-likeness (QED) is 0.416. The number of carbonyl (C=O) groups is 2. The van der Waals surface area contributed by atoms with Crippen LogP contribution in [0.4, 0.5) is 10.5 Å². The molecular formula is C27H31ClN2O2S. The average molecular weight is 483 g/mol. The van der Waals surface area contributed by atoms with E-state index >= 15 is 0 Å². The van der Waals surface area contributed by atoms with Crippen LogP contribution in [0.1, 0.15) is 68.7 Å². The summed E-state index contributed by atoms with van der Waals surface area (Å²) in [5.74, 6) is 0.117. The van der Waals surface area contributed by atoms with Crippen LogP contribution in [-0.2, 0) is 11.3 Å². The van der Waals surface area contributed by atoms with Gasteiger partial charge in [0.15, 0.2) is 0 Å². The second-order valence-corrected chi connectivity index (χ2v) is 11.2. The summed E-state index contributed by atoms with van der Waals surface area (Å²) < 4.78 is 0. The van der Waals surface area contributed by atoms with Crippen LogP contribution in [0.25, 0.3) is 6.08 Å². The first-order valence-electron chi connectivity index (χ1n) is 11.5. The summed E-state index contributed by atoms with van der Waals surface area (Å²) in [6.07, 6.45) is 3.89. The van der Waals surface area contributed by atoms with E-state index in [1.54, 1.807) is 6.08 Å². The normalized spacial score (nSPS) is 21.2. The minimum atomic E-state index is -0.262. The number of nitrogens with zero attached hydrogens (tertiary/aromatic N) is 2. The second kappa shape index (κ2) is 9.19. The van der Waals surface area contributed by atoms with E-state index in [1.165, 1.54) is 16.2 Å². The summed E-state index contributed by atoms with van der Waals surface area (Å²) in [5.41, 5.74) is 5.32. The van der Waals surface area contributed by atoms with Crippen LogP contribution in [-0.4, -0.2) is 28.1 Å². The van der Waals surface area contributed by atoms with Crippen molar-refractivity contribution in [3.8, 4) is 0 Å². The lowest BCUT2D eigenvalue weighted by Crippen LogP contribution is -2.48. The van der Waals surface area contributed by atoms with Gasteiger partial charge in [0, 0.05) is 22.8 Å². The van der Waals surface area contributed by atoms with Crippen molar-refractivity contribution in [3.63, 3.8) is 0 Å². The van der Waals surface area contributed by atoms with Gasteiger partial charge in [-0.15, -0.1) is 0 Å². The molecule has 0 aromatic heterocycles. The van der Waals surface area contributed by atoms with Crippen molar-refractivity contribution in [3.05, 3.63) is 68.6 Å². The van der Waals surface area contributed by atoms with Crippen molar-refractivity contribution < 1.29 is 9.59 Å². The lowest BCUT2D eigenvalue weighted by Gasteiger charge is -2.47. The van der Waals surface area contributed by atoms with Gasteiger partial charge in [-0.1, -0.05) is 55.3 Å². The lowest BCUT2D eigenvalue weighted by atomic mass is 9.79. The van der Waals surface area contributed by atoms with Crippen LogP contribution in [0, 0.1) is 6.92 Å². The minimum Gasteiger partial charge on any atom is -0.366 e. The molecule has 1 unspecified atom stereocenters. The van der Waals surface area contributed by atoms with Crippen molar-refractivity contribution in [1.29, 1.82) is 0 Å². The number of imide groups is 1. The van der Waals surface area contributed by atoms with Gasteiger partial charge in [-0.05, 0) is 86.2 Å². The van der Waals surface area contributed by atoms with Crippen LogP contribution in [0.5, 0.6) is 0 Å². The molecule has 0 bridgehead atoms. The Morgan fingerprint density at radius 3 is 2.67 bits per heavy atom. The molecule has 2 amide bonds.